The standard InChI is InChI=1S/C24H19NO4/c1-2-29-22-9-4-3-6-17(22)13-20-19-11-10-16(14-21(19)25-23(20)26)15-7-5-8-18(12-15)24(27)28/h3-14H,2H2,1H3,(H,25,26)(H,27,28). The minimum absolute atomic E-state index is 0.178. The van der Waals surface area contributed by atoms with E-state index in [0.717, 1.165) is 28.0 Å². The maximum Gasteiger partial charge on any atom is 0.335 e. The van der Waals surface area contributed by atoms with Gasteiger partial charge in [-0.15, -0.1) is 0 Å². The van der Waals surface area contributed by atoms with Crippen LogP contribution in [0.2, 0.25) is 0 Å². The molecule has 0 radical (unpaired) electrons. The Balaban J connectivity index is 1.73. The maximum absolute atomic E-state index is 12.6. The predicted octanol–water partition coefficient (Wildman–Crippen LogP) is 4.94. The van der Waals surface area contributed by atoms with Gasteiger partial charge in [-0.05, 0) is 48.4 Å². The molecular formula is C24H19NO4. The molecule has 0 aliphatic carbocycles. The monoisotopic (exact) mass is 385 g/mol. The van der Waals surface area contributed by atoms with Gasteiger partial charge < -0.3 is 15.2 Å². The molecular weight excluding hydrogens is 366 g/mol. The molecule has 0 fully saturated rings. The predicted molar refractivity (Wildman–Crippen MR) is 113 cm³/mol. The molecule has 0 bridgehead atoms. The average molecular weight is 385 g/mol. The molecule has 29 heavy (non-hydrogen) atoms. The van der Waals surface area contributed by atoms with Crippen LogP contribution in [0.15, 0.2) is 66.7 Å². The van der Waals surface area contributed by atoms with Crippen molar-refractivity contribution < 1.29 is 19.4 Å². The number of nitrogens with one attached hydrogen (secondary N) is 1. The molecule has 3 aromatic carbocycles. The number of carbonyl (C=O) groups is 2. The topological polar surface area (TPSA) is 75.6 Å². The van der Waals surface area contributed by atoms with Gasteiger partial charge in [0.2, 0.25) is 0 Å². The van der Waals surface area contributed by atoms with Crippen molar-refractivity contribution in [3.63, 3.8) is 0 Å². The normalized spacial score (nSPS) is 13.8. The van der Waals surface area contributed by atoms with Gasteiger partial charge in [-0.2, -0.15) is 0 Å². The van der Waals surface area contributed by atoms with Gasteiger partial charge in [0.15, 0.2) is 0 Å². The first kappa shape index (κ1) is 18.5. The zero-order valence-corrected chi connectivity index (χ0v) is 15.8. The highest BCUT2D eigenvalue weighted by molar-refractivity contribution is 6.35. The highest BCUT2D eigenvalue weighted by Gasteiger charge is 2.25. The molecule has 4 rings (SSSR count). The summed E-state index contributed by atoms with van der Waals surface area (Å²) in [7, 11) is 0. The first-order valence-corrected chi connectivity index (χ1v) is 9.30. The van der Waals surface area contributed by atoms with E-state index in [1.54, 1.807) is 18.2 Å². The van der Waals surface area contributed by atoms with E-state index in [1.807, 2.05) is 61.5 Å². The van der Waals surface area contributed by atoms with Gasteiger partial charge in [0.05, 0.1) is 12.2 Å². The zero-order valence-electron chi connectivity index (χ0n) is 15.8. The van der Waals surface area contributed by atoms with Crippen LogP contribution in [0.25, 0.3) is 22.8 Å². The van der Waals surface area contributed by atoms with Crippen molar-refractivity contribution in [2.75, 3.05) is 11.9 Å². The molecule has 1 aliphatic rings. The minimum atomic E-state index is -0.973. The summed E-state index contributed by atoms with van der Waals surface area (Å²) in [5, 5.41) is 12.1. The number of carboxylic acids is 1. The SMILES string of the molecule is CCOc1ccccc1C=C1C(=O)Nc2cc(-c3cccc(C(=O)O)c3)ccc21. The first-order chi connectivity index (χ1) is 14.1. The second-order valence-electron chi connectivity index (χ2n) is 6.63. The number of carbonyl (C=O) groups excluding carboxylic acids is 1. The number of fused-ring (bicyclic) bond motifs is 1. The summed E-state index contributed by atoms with van der Waals surface area (Å²) in [6, 6.07) is 20.0. The largest absolute Gasteiger partial charge is 0.493 e. The third kappa shape index (κ3) is 3.62. The van der Waals surface area contributed by atoms with E-state index in [0.29, 0.717) is 17.9 Å². The molecule has 3 aromatic rings. The number of amides is 1. The summed E-state index contributed by atoms with van der Waals surface area (Å²) in [5.74, 6) is -0.423. The fourth-order valence-corrected chi connectivity index (χ4v) is 3.39. The number of benzene rings is 3. The van der Waals surface area contributed by atoms with E-state index < -0.39 is 5.97 Å². The summed E-state index contributed by atoms with van der Waals surface area (Å²) < 4.78 is 5.65. The van der Waals surface area contributed by atoms with Crippen LogP contribution in [0.5, 0.6) is 5.75 Å². The zero-order chi connectivity index (χ0) is 20.4. The molecule has 1 amide bonds. The van der Waals surface area contributed by atoms with Gasteiger partial charge in [-0.1, -0.05) is 42.5 Å². The molecule has 2 N–H and O–H groups in total. The Labute approximate surface area is 168 Å². The van der Waals surface area contributed by atoms with Gasteiger partial charge in [-0.3, -0.25) is 4.79 Å². The first-order valence-electron chi connectivity index (χ1n) is 9.30. The van der Waals surface area contributed by atoms with Crippen LogP contribution in [0.4, 0.5) is 5.69 Å². The molecule has 0 atom stereocenters. The van der Waals surface area contributed by atoms with Crippen LogP contribution < -0.4 is 10.1 Å². The molecule has 5 heteroatoms. The van der Waals surface area contributed by atoms with Gasteiger partial charge in [0.25, 0.3) is 5.91 Å². The van der Waals surface area contributed by atoms with E-state index in [1.165, 1.54) is 0 Å². The molecule has 0 aromatic heterocycles. The van der Waals surface area contributed by atoms with Crippen LogP contribution in [0.3, 0.4) is 0 Å². The van der Waals surface area contributed by atoms with Gasteiger partial charge >= 0.3 is 5.97 Å². The minimum Gasteiger partial charge on any atom is -0.493 e. The Morgan fingerprint density at radius 3 is 2.62 bits per heavy atom. The Hall–Kier alpha value is -3.86. The van der Waals surface area contributed by atoms with Crippen molar-refractivity contribution in [2.24, 2.45) is 0 Å². The summed E-state index contributed by atoms with van der Waals surface area (Å²) >= 11 is 0. The van der Waals surface area contributed by atoms with Crippen molar-refractivity contribution in [2.45, 2.75) is 6.92 Å². The smallest absolute Gasteiger partial charge is 0.335 e. The average Bonchev–Trinajstić information content (AvgIpc) is 3.04. The number of para-hydroxylation sites is 1. The van der Waals surface area contributed by atoms with Crippen molar-refractivity contribution in [3.8, 4) is 16.9 Å². The Bertz CT molecular complexity index is 1150. The lowest BCUT2D eigenvalue weighted by Crippen LogP contribution is -2.03. The van der Waals surface area contributed by atoms with E-state index >= 15 is 0 Å². The van der Waals surface area contributed by atoms with Crippen molar-refractivity contribution >= 4 is 29.2 Å². The number of ether oxygens (including phenoxy) is 1. The third-order valence-corrected chi connectivity index (χ3v) is 4.76. The van der Waals surface area contributed by atoms with E-state index in [9.17, 15) is 14.7 Å². The molecule has 0 unspecified atom stereocenters. The third-order valence-electron chi connectivity index (χ3n) is 4.76. The summed E-state index contributed by atoms with van der Waals surface area (Å²) in [4.78, 5) is 23.8. The van der Waals surface area contributed by atoms with Crippen LogP contribution in [-0.4, -0.2) is 23.6 Å². The van der Waals surface area contributed by atoms with Gasteiger partial charge in [0.1, 0.15) is 5.75 Å². The summed E-state index contributed by atoms with van der Waals surface area (Å²) in [6.07, 6.45) is 1.83. The number of anilines is 1. The maximum atomic E-state index is 12.6. The summed E-state index contributed by atoms with van der Waals surface area (Å²) in [5.41, 5.74) is 4.75. The Morgan fingerprint density at radius 2 is 1.83 bits per heavy atom. The molecule has 1 heterocycles. The van der Waals surface area contributed by atoms with Crippen LogP contribution in [0, 0.1) is 0 Å². The second-order valence-corrected chi connectivity index (χ2v) is 6.63. The second kappa shape index (κ2) is 7.64. The number of hydrogen-bond donors (Lipinski definition) is 2. The van der Waals surface area contributed by atoms with Crippen LogP contribution in [0.1, 0.15) is 28.4 Å². The number of carboxylic acid groups (broad SMARTS) is 1. The lowest BCUT2D eigenvalue weighted by molar-refractivity contribution is -0.110. The molecule has 144 valence electrons. The molecule has 1 aliphatic heterocycles. The van der Waals surface area contributed by atoms with E-state index in [4.69, 9.17) is 4.74 Å². The molecule has 5 nitrogen and oxygen atoms in total. The summed E-state index contributed by atoms with van der Waals surface area (Å²) in [6.45, 7) is 2.46. The van der Waals surface area contributed by atoms with Gasteiger partial charge in [-0.25, -0.2) is 4.79 Å². The lowest BCUT2D eigenvalue weighted by atomic mass is 9.98. The van der Waals surface area contributed by atoms with Crippen LogP contribution >= 0.6 is 0 Å². The Kier molecular flexibility index (Phi) is 4.87. The number of aromatic carboxylic acids is 1. The van der Waals surface area contributed by atoms with Gasteiger partial charge in [0, 0.05) is 22.4 Å². The fourth-order valence-electron chi connectivity index (χ4n) is 3.39. The van der Waals surface area contributed by atoms with E-state index in [2.05, 4.69) is 5.32 Å². The van der Waals surface area contributed by atoms with Crippen molar-refractivity contribution in [1.82, 2.24) is 0 Å². The molecule has 0 saturated heterocycles. The van der Waals surface area contributed by atoms with Crippen LogP contribution in [-0.2, 0) is 4.79 Å². The molecule has 0 spiro atoms. The highest BCUT2D eigenvalue weighted by Crippen LogP contribution is 2.37. The lowest BCUT2D eigenvalue weighted by Gasteiger charge is -2.08. The number of rotatable bonds is 5. The number of hydrogen-bond acceptors (Lipinski definition) is 3. The van der Waals surface area contributed by atoms with E-state index in [-0.39, 0.29) is 11.5 Å². The fraction of sp³-hybridized carbons (Fsp3) is 0.0833. The van der Waals surface area contributed by atoms with Crippen molar-refractivity contribution in [3.05, 3.63) is 83.4 Å². The van der Waals surface area contributed by atoms with Crippen molar-refractivity contribution in [1.29, 1.82) is 0 Å². The highest BCUT2D eigenvalue weighted by atomic mass is 16.5. The molecule has 0 saturated carbocycles. The Morgan fingerprint density at radius 1 is 1.03 bits per heavy atom. The quantitative estimate of drug-likeness (QED) is 0.610.